The molecule has 0 fully saturated rings. The molecule has 44 valence electrons. The van der Waals surface area contributed by atoms with Gasteiger partial charge in [-0.05, 0) is 0 Å². The number of rotatable bonds is 0. The minimum atomic E-state index is -0.111. The first-order valence-electron chi connectivity index (χ1n) is 1.51. The SMILES string of the molecule is NN=C(N)N(N)N.[Zn]. The first kappa shape index (κ1) is 10.6. The summed E-state index contributed by atoms with van der Waals surface area (Å²) in [5.74, 6) is 14.2. The Labute approximate surface area is 59.5 Å². The van der Waals surface area contributed by atoms with E-state index in [1.807, 2.05) is 0 Å². The zero-order valence-corrected chi connectivity index (χ0v) is 7.38. The first-order chi connectivity index (χ1) is 3.18. The Morgan fingerprint density at radius 2 is 1.75 bits per heavy atom. The summed E-state index contributed by atoms with van der Waals surface area (Å²) in [7, 11) is 0. The quantitative estimate of drug-likeness (QED) is 0.103. The molecule has 0 radical (unpaired) electrons. The average Bonchev–Trinajstić information content (AvgIpc) is 1.65. The Bertz CT molecular complexity index is 76.6. The van der Waals surface area contributed by atoms with Crippen LogP contribution in [0.2, 0.25) is 0 Å². The molecule has 0 atom stereocenters. The maximum atomic E-state index is 4.92. The van der Waals surface area contributed by atoms with E-state index in [-0.39, 0.29) is 25.4 Å². The molecule has 0 aromatic heterocycles. The van der Waals surface area contributed by atoms with Crippen LogP contribution in [0.5, 0.6) is 0 Å². The van der Waals surface area contributed by atoms with E-state index in [2.05, 4.69) is 10.9 Å². The van der Waals surface area contributed by atoms with Gasteiger partial charge in [-0.2, -0.15) is 0 Å². The van der Waals surface area contributed by atoms with Crippen molar-refractivity contribution in [1.29, 1.82) is 0 Å². The zero-order valence-electron chi connectivity index (χ0n) is 4.41. The van der Waals surface area contributed by atoms with Gasteiger partial charge >= 0.3 is 0 Å². The Morgan fingerprint density at radius 3 is 1.75 bits per heavy atom. The van der Waals surface area contributed by atoms with Gasteiger partial charge in [0.15, 0.2) is 0 Å². The number of hydrazone groups is 1. The van der Waals surface area contributed by atoms with Crippen LogP contribution in [0.15, 0.2) is 5.10 Å². The molecule has 0 unspecified atom stereocenters. The van der Waals surface area contributed by atoms with Gasteiger partial charge in [-0.25, -0.2) is 16.8 Å². The molecule has 0 saturated heterocycles. The molecule has 0 spiro atoms. The Hall–Kier alpha value is -0.387. The van der Waals surface area contributed by atoms with E-state index in [1.54, 1.807) is 0 Å². The molecule has 0 aliphatic rings. The van der Waals surface area contributed by atoms with Crippen molar-refractivity contribution in [3.8, 4) is 0 Å². The number of hydrogen-bond acceptors (Lipinski definition) is 4. The van der Waals surface area contributed by atoms with Crippen LogP contribution in [-0.4, -0.2) is 11.1 Å². The van der Waals surface area contributed by atoms with Crippen molar-refractivity contribution in [1.82, 2.24) is 5.12 Å². The fourth-order valence-corrected chi connectivity index (χ4v) is 0.0667. The molecule has 0 aromatic carbocycles. The normalized spacial score (nSPS) is 10.0. The zero-order chi connectivity index (χ0) is 5.86. The second-order valence-corrected chi connectivity index (χ2v) is 0.895. The summed E-state index contributed by atoms with van der Waals surface area (Å²) < 4.78 is 0. The van der Waals surface area contributed by atoms with Crippen molar-refractivity contribution in [3.63, 3.8) is 0 Å². The summed E-state index contributed by atoms with van der Waals surface area (Å²) in [6.07, 6.45) is 0. The van der Waals surface area contributed by atoms with E-state index >= 15 is 0 Å². The predicted molar refractivity (Wildman–Crippen MR) is 26.0 cm³/mol. The fourth-order valence-electron chi connectivity index (χ4n) is 0.0667. The van der Waals surface area contributed by atoms with E-state index in [0.717, 1.165) is 0 Å². The molecule has 0 aliphatic carbocycles. The summed E-state index contributed by atoms with van der Waals surface area (Å²) in [4.78, 5) is 0. The number of hydrazine groups is 2. The van der Waals surface area contributed by atoms with E-state index in [4.69, 9.17) is 17.4 Å². The monoisotopic (exact) mass is 168 g/mol. The molecule has 0 rings (SSSR count). The molecule has 0 saturated carbocycles. The maximum Gasteiger partial charge on any atom is 0.242 e. The third kappa shape index (κ3) is 3.79. The van der Waals surface area contributed by atoms with E-state index in [0.29, 0.717) is 5.12 Å². The number of hydrogen-bond donors (Lipinski definition) is 4. The van der Waals surface area contributed by atoms with Crippen LogP contribution in [0.1, 0.15) is 0 Å². The Balaban J connectivity index is 0. The molecular weight excluding hydrogens is 161 g/mol. The molecule has 0 aromatic rings. The van der Waals surface area contributed by atoms with Crippen LogP contribution in [-0.2, 0) is 19.5 Å². The van der Waals surface area contributed by atoms with Crippen LogP contribution in [0.4, 0.5) is 0 Å². The summed E-state index contributed by atoms with van der Waals surface area (Å²) in [6, 6.07) is 0. The Kier molecular flexibility index (Phi) is 6.29. The van der Waals surface area contributed by atoms with Gasteiger partial charge in [0.05, 0.1) is 0 Å². The number of guanidine groups is 1. The summed E-state index contributed by atoms with van der Waals surface area (Å²) in [5.41, 5.74) is 4.92. The van der Waals surface area contributed by atoms with E-state index < -0.39 is 0 Å². The van der Waals surface area contributed by atoms with Gasteiger partial charge in [-0.1, -0.05) is 0 Å². The van der Waals surface area contributed by atoms with Crippen LogP contribution in [0.3, 0.4) is 0 Å². The average molecular weight is 170 g/mol. The standard InChI is InChI=1S/CH8N6.Zn/c2-1(6-3)7(4)5;/h3-5H2,(H2,2,6);. The van der Waals surface area contributed by atoms with Crippen LogP contribution in [0, 0.1) is 0 Å². The minimum absolute atomic E-state index is 0. The maximum absolute atomic E-state index is 4.92. The van der Waals surface area contributed by atoms with E-state index in [9.17, 15) is 0 Å². The van der Waals surface area contributed by atoms with Crippen molar-refractivity contribution in [2.45, 2.75) is 0 Å². The van der Waals surface area contributed by atoms with Crippen molar-refractivity contribution in [2.75, 3.05) is 0 Å². The number of nitrogens with two attached hydrogens (primary N) is 4. The Morgan fingerprint density at radius 1 is 1.38 bits per heavy atom. The smallest absolute Gasteiger partial charge is 0.242 e. The number of nitrogens with zero attached hydrogens (tertiary/aromatic N) is 2. The summed E-state index contributed by atoms with van der Waals surface area (Å²) >= 11 is 0. The van der Waals surface area contributed by atoms with Crippen LogP contribution >= 0.6 is 0 Å². The van der Waals surface area contributed by atoms with Gasteiger partial charge < -0.3 is 11.6 Å². The molecule has 0 amide bonds. The molecule has 8 N–H and O–H groups in total. The van der Waals surface area contributed by atoms with Gasteiger partial charge in [0.2, 0.25) is 5.96 Å². The van der Waals surface area contributed by atoms with Gasteiger partial charge in [-0.3, -0.25) is 0 Å². The third-order valence-corrected chi connectivity index (χ3v) is 0.397. The third-order valence-electron chi connectivity index (χ3n) is 0.397. The van der Waals surface area contributed by atoms with Gasteiger partial charge in [0.1, 0.15) is 0 Å². The fraction of sp³-hybridized carbons (Fsp3) is 0. The second-order valence-electron chi connectivity index (χ2n) is 0.895. The minimum Gasteiger partial charge on any atom is -0.366 e. The predicted octanol–water partition coefficient (Wildman–Crippen LogP) is -2.78. The van der Waals surface area contributed by atoms with Gasteiger partial charge in [-0.15, -0.1) is 5.10 Å². The first-order valence-corrected chi connectivity index (χ1v) is 1.51. The molecule has 6 nitrogen and oxygen atoms in total. The second kappa shape index (κ2) is 4.76. The molecular formula is CH8N6Zn. The van der Waals surface area contributed by atoms with E-state index in [1.165, 1.54) is 0 Å². The summed E-state index contributed by atoms with van der Waals surface area (Å²) in [5, 5.41) is 3.58. The molecule has 0 heterocycles. The molecule has 7 heteroatoms. The van der Waals surface area contributed by atoms with Crippen molar-refractivity contribution >= 4 is 5.96 Å². The van der Waals surface area contributed by atoms with Crippen molar-refractivity contribution in [2.24, 2.45) is 28.4 Å². The van der Waals surface area contributed by atoms with Crippen molar-refractivity contribution in [3.05, 3.63) is 0 Å². The van der Waals surface area contributed by atoms with Crippen LogP contribution < -0.4 is 23.3 Å². The van der Waals surface area contributed by atoms with Gasteiger partial charge in [0, 0.05) is 19.5 Å². The van der Waals surface area contributed by atoms with Gasteiger partial charge in [0.25, 0.3) is 0 Å². The molecule has 0 aliphatic heterocycles. The van der Waals surface area contributed by atoms with Crippen LogP contribution in [0.25, 0.3) is 0 Å². The topological polar surface area (TPSA) is 120 Å². The summed E-state index contributed by atoms with van der Waals surface area (Å²) in [6.45, 7) is 0. The largest absolute Gasteiger partial charge is 0.366 e. The molecule has 8 heavy (non-hydrogen) atoms. The molecule has 0 bridgehead atoms. The van der Waals surface area contributed by atoms with Crippen molar-refractivity contribution < 1.29 is 19.5 Å².